The first-order valence-electron chi connectivity index (χ1n) is 10.6. The van der Waals surface area contributed by atoms with Gasteiger partial charge in [-0.05, 0) is 37.3 Å². The quantitative estimate of drug-likeness (QED) is 0.613. The second-order valence-corrected chi connectivity index (χ2v) is 7.21. The molecule has 1 fully saturated rings. The second-order valence-electron chi connectivity index (χ2n) is 7.21. The molecule has 1 N–H and O–H groups in total. The number of hydrogen-bond donors (Lipinski definition) is 1. The molecule has 0 atom stereocenters. The third-order valence-electron chi connectivity index (χ3n) is 5.10. The molecule has 2 heterocycles. The summed E-state index contributed by atoms with van der Waals surface area (Å²) in [6.45, 7) is 4.32. The van der Waals surface area contributed by atoms with Crippen LogP contribution in [0.5, 0.6) is 11.5 Å². The fourth-order valence-electron chi connectivity index (χ4n) is 3.48. The maximum absolute atomic E-state index is 12.9. The molecule has 8 heteroatoms. The van der Waals surface area contributed by atoms with Crippen LogP contribution in [0.1, 0.15) is 17.3 Å². The van der Waals surface area contributed by atoms with Crippen molar-refractivity contribution in [3.8, 4) is 11.5 Å². The van der Waals surface area contributed by atoms with Gasteiger partial charge in [-0.25, -0.2) is 0 Å². The highest BCUT2D eigenvalue weighted by Crippen LogP contribution is 2.29. The minimum absolute atomic E-state index is 0.104. The maximum Gasteiger partial charge on any atom is 0.260 e. The zero-order valence-electron chi connectivity index (χ0n) is 17.9. The molecule has 0 aliphatic carbocycles. The molecule has 8 nitrogen and oxygen atoms in total. The summed E-state index contributed by atoms with van der Waals surface area (Å²) < 4.78 is 16.6. The summed E-state index contributed by atoms with van der Waals surface area (Å²) >= 11 is 0. The minimum atomic E-state index is -0.292. The highest BCUT2D eigenvalue weighted by Gasteiger charge is 2.19. The van der Waals surface area contributed by atoms with E-state index in [-0.39, 0.29) is 18.4 Å². The van der Waals surface area contributed by atoms with E-state index in [1.807, 2.05) is 37.3 Å². The van der Waals surface area contributed by atoms with Crippen molar-refractivity contribution in [2.75, 3.05) is 44.8 Å². The first-order chi connectivity index (χ1) is 15.7. The number of amides is 2. The lowest BCUT2D eigenvalue weighted by Gasteiger charge is -2.26. The van der Waals surface area contributed by atoms with E-state index in [2.05, 4.69) is 10.3 Å². The summed E-state index contributed by atoms with van der Waals surface area (Å²) in [7, 11) is 0. The lowest BCUT2D eigenvalue weighted by atomic mass is 10.1. The van der Waals surface area contributed by atoms with Gasteiger partial charge in [-0.15, -0.1) is 0 Å². The molecule has 0 bridgehead atoms. The molecule has 0 unspecified atom stereocenters. The van der Waals surface area contributed by atoms with E-state index in [4.69, 9.17) is 14.2 Å². The Balaban J connectivity index is 1.47. The van der Waals surface area contributed by atoms with Crippen LogP contribution in [0.4, 0.5) is 5.69 Å². The molecule has 0 saturated carbocycles. The Morgan fingerprint density at radius 3 is 2.69 bits per heavy atom. The smallest absolute Gasteiger partial charge is 0.260 e. The average molecular weight is 435 g/mol. The molecule has 0 spiro atoms. The van der Waals surface area contributed by atoms with Crippen molar-refractivity contribution in [3.63, 3.8) is 0 Å². The molecular formula is C24H25N3O5. The predicted molar refractivity (Wildman–Crippen MR) is 120 cm³/mol. The monoisotopic (exact) mass is 435 g/mol. The van der Waals surface area contributed by atoms with Crippen LogP contribution >= 0.6 is 0 Å². The first-order valence-corrected chi connectivity index (χ1v) is 10.6. The average Bonchev–Trinajstić information content (AvgIpc) is 2.84. The van der Waals surface area contributed by atoms with Crippen molar-refractivity contribution in [2.45, 2.75) is 6.92 Å². The Morgan fingerprint density at radius 2 is 1.88 bits per heavy atom. The van der Waals surface area contributed by atoms with E-state index in [1.165, 1.54) is 0 Å². The van der Waals surface area contributed by atoms with Gasteiger partial charge in [-0.2, -0.15) is 0 Å². The molecule has 2 amide bonds. The van der Waals surface area contributed by atoms with E-state index >= 15 is 0 Å². The lowest BCUT2D eigenvalue weighted by molar-refractivity contribution is -0.137. The van der Waals surface area contributed by atoms with Crippen LogP contribution in [0.25, 0.3) is 10.9 Å². The predicted octanol–water partition coefficient (Wildman–Crippen LogP) is 3.12. The van der Waals surface area contributed by atoms with Gasteiger partial charge in [-0.1, -0.05) is 18.2 Å². The van der Waals surface area contributed by atoms with Gasteiger partial charge >= 0.3 is 0 Å². The summed E-state index contributed by atoms with van der Waals surface area (Å²) in [6, 6.07) is 14.3. The van der Waals surface area contributed by atoms with Gasteiger partial charge in [0.25, 0.3) is 11.8 Å². The Morgan fingerprint density at radius 1 is 1.06 bits per heavy atom. The van der Waals surface area contributed by atoms with Gasteiger partial charge in [0.2, 0.25) is 0 Å². The highest BCUT2D eigenvalue weighted by molar-refractivity contribution is 6.08. The maximum atomic E-state index is 12.9. The molecule has 3 aromatic rings. The molecule has 32 heavy (non-hydrogen) atoms. The number of pyridine rings is 1. The molecular weight excluding hydrogens is 410 g/mol. The number of ether oxygens (including phenoxy) is 3. The number of nitrogens with one attached hydrogen (secondary N) is 1. The number of carbonyl (C=O) groups excluding carboxylic acids is 2. The summed E-state index contributed by atoms with van der Waals surface area (Å²) in [5.74, 6) is 0.420. The summed E-state index contributed by atoms with van der Waals surface area (Å²) in [4.78, 5) is 31.3. The second kappa shape index (κ2) is 10.1. The molecule has 1 saturated heterocycles. The molecule has 1 aliphatic rings. The molecule has 2 aromatic carbocycles. The Kier molecular flexibility index (Phi) is 6.81. The topological polar surface area (TPSA) is 90.0 Å². The van der Waals surface area contributed by atoms with Gasteiger partial charge in [0.1, 0.15) is 0 Å². The third kappa shape index (κ3) is 4.97. The van der Waals surface area contributed by atoms with Crippen molar-refractivity contribution < 1.29 is 23.8 Å². The van der Waals surface area contributed by atoms with Gasteiger partial charge in [-0.3, -0.25) is 14.6 Å². The van der Waals surface area contributed by atoms with Crippen molar-refractivity contribution in [1.82, 2.24) is 9.88 Å². The van der Waals surface area contributed by atoms with Crippen LogP contribution in [0.3, 0.4) is 0 Å². The van der Waals surface area contributed by atoms with E-state index < -0.39 is 0 Å². The van der Waals surface area contributed by atoms with Gasteiger partial charge in [0, 0.05) is 30.2 Å². The Bertz CT molecular complexity index is 1110. The number of benzene rings is 2. The zero-order valence-corrected chi connectivity index (χ0v) is 17.9. The first kappa shape index (κ1) is 21.6. The number of carbonyl (C=O) groups is 2. The van der Waals surface area contributed by atoms with Crippen molar-refractivity contribution in [1.29, 1.82) is 0 Å². The number of para-hydroxylation sites is 1. The van der Waals surface area contributed by atoms with Crippen LogP contribution in [0, 0.1) is 0 Å². The third-order valence-corrected chi connectivity index (χ3v) is 5.10. The van der Waals surface area contributed by atoms with Crippen LogP contribution in [-0.2, 0) is 9.53 Å². The van der Waals surface area contributed by atoms with E-state index in [1.54, 1.807) is 29.3 Å². The van der Waals surface area contributed by atoms with Crippen molar-refractivity contribution in [2.24, 2.45) is 0 Å². The molecule has 166 valence electrons. The fourth-order valence-corrected chi connectivity index (χ4v) is 3.48. The Hall–Kier alpha value is -3.65. The number of anilines is 1. The number of aromatic nitrogens is 1. The van der Waals surface area contributed by atoms with Gasteiger partial charge < -0.3 is 24.4 Å². The number of hydrogen-bond acceptors (Lipinski definition) is 6. The summed E-state index contributed by atoms with van der Waals surface area (Å²) in [5, 5.41) is 3.85. The van der Waals surface area contributed by atoms with Crippen LogP contribution in [0.2, 0.25) is 0 Å². The normalized spacial score (nSPS) is 13.6. The summed E-state index contributed by atoms with van der Waals surface area (Å²) in [6.07, 6.45) is 1.69. The van der Waals surface area contributed by atoms with Gasteiger partial charge in [0.05, 0.1) is 31.0 Å². The molecule has 1 aromatic heterocycles. The minimum Gasteiger partial charge on any atom is -0.490 e. The number of morpholine rings is 1. The molecule has 4 rings (SSSR count). The number of rotatable bonds is 7. The number of nitrogens with zero attached hydrogens (tertiary/aromatic N) is 2. The van der Waals surface area contributed by atoms with Crippen LogP contribution in [-0.4, -0.2) is 61.2 Å². The molecule has 1 aliphatic heterocycles. The Labute approximate surface area is 186 Å². The van der Waals surface area contributed by atoms with Crippen molar-refractivity contribution >= 4 is 28.4 Å². The van der Waals surface area contributed by atoms with Crippen molar-refractivity contribution in [3.05, 3.63) is 60.3 Å². The molecule has 0 radical (unpaired) electrons. The number of fused-ring (bicyclic) bond motifs is 1. The largest absolute Gasteiger partial charge is 0.490 e. The highest BCUT2D eigenvalue weighted by atomic mass is 16.5. The van der Waals surface area contributed by atoms with Crippen LogP contribution < -0.4 is 14.8 Å². The van der Waals surface area contributed by atoms with E-state index in [9.17, 15) is 9.59 Å². The lowest BCUT2D eigenvalue weighted by Crippen LogP contribution is -2.43. The van der Waals surface area contributed by atoms with E-state index in [0.717, 1.165) is 10.9 Å². The SMILES string of the molecule is CCOc1cc(C(=O)Nc2cccc3cccnc23)ccc1OCC(=O)N1CCOCC1. The summed E-state index contributed by atoms with van der Waals surface area (Å²) in [5.41, 5.74) is 1.76. The van der Waals surface area contributed by atoms with Crippen LogP contribution in [0.15, 0.2) is 54.7 Å². The van der Waals surface area contributed by atoms with E-state index in [0.29, 0.717) is 55.7 Å². The standard InChI is InChI=1S/C24H25N3O5/c1-2-31-21-15-18(8-9-20(21)32-16-22(28)27-11-13-30-14-12-27)24(29)26-19-7-3-5-17-6-4-10-25-23(17)19/h3-10,15H,2,11-14,16H2,1H3,(H,26,29). The van der Waals surface area contributed by atoms with Gasteiger partial charge in [0.15, 0.2) is 18.1 Å². The fraction of sp³-hybridized carbons (Fsp3) is 0.292. The zero-order chi connectivity index (χ0) is 22.3.